The molecular weight excluding hydrogens is 384 g/mol. The first-order valence-electron chi connectivity index (χ1n) is 14.0. The molecule has 1 unspecified atom stereocenters. The Morgan fingerprint density at radius 1 is 0.677 bits per heavy atom. The van der Waals surface area contributed by atoms with Crippen LogP contribution in [0.25, 0.3) is 0 Å². The number of carbonyl (C=O) groups excluding carboxylic acids is 1. The third-order valence-corrected chi connectivity index (χ3v) is 6.82. The molecule has 3 heteroatoms. The minimum Gasteiger partial charge on any atom is -0.378 e. The maximum Gasteiger partial charge on any atom is 0.148 e. The van der Waals surface area contributed by atoms with Gasteiger partial charge in [0.2, 0.25) is 0 Å². The van der Waals surface area contributed by atoms with Gasteiger partial charge in [0, 0.05) is 13.2 Å². The van der Waals surface area contributed by atoms with Gasteiger partial charge in [0.15, 0.2) is 0 Å². The number of aldehydes is 1. The Kier molecular flexibility index (Phi) is 21.0. The summed E-state index contributed by atoms with van der Waals surface area (Å²) in [5, 5.41) is 0. The highest BCUT2D eigenvalue weighted by molar-refractivity contribution is 5.55. The van der Waals surface area contributed by atoms with Crippen molar-refractivity contribution >= 4 is 6.29 Å². The van der Waals surface area contributed by atoms with Crippen LogP contribution in [0.15, 0.2) is 0 Å². The van der Waals surface area contributed by atoms with Crippen LogP contribution in [-0.2, 0) is 14.3 Å². The molecule has 0 spiro atoms. The van der Waals surface area contributed by atoms with E-state index in [0.717, 1.165) is 25.7 Å². The van der Waals surface area contributed by atoms with Crippen LogP contribution >= 0.6 is 0 Å². The number of hydrogen-bond acceptors (Lipinski definition) is 3. The molecule has 31 heavy (non-hydrogen) atoms. The minimum absolute atomic E-state index is 0.171. The summed E-state index contributed by atoms with van der Waals surface area (Å²) in [4.78, 5) is 10.8. The highest BCUT2D eigenvalue weighted by Gasteiger charge is 2.12. The van der Waals surface area contributed by atoms with Gasteiger partial charge in [-0.15, -0.1) is 0 Å². The van der Waals surface area contributed by atoms with Gasteiger partial charge < -0.3 is 14.3 Å². The Bertz CT molecular complexity index is 365. The summed E-state index contributed by atoms with van der Waals surface area (Å²) in [6.45, 7) is 3.59. The smallest absolute Gasteiger partial charge is 0.148 e. The first-order valence-corrected chi connectivity index (χ1v) is 14.0. The van der Waals surface area contributed by atoms with Crippen LogP contribution in [0, 0.1) is 0 Å². The SMILES string of the molecule is CCOC(C=O)CCCCCCCCCCCCCCCCCCOC1CCCCC1. The average molecular weight is 439 g/mol. The van der Waals surface area contributed by atoms with Crippen LogP contribution in [0.2, 0.25) is 0 Å². The van der Waals surface area contributed by atoms with Crippen molar-refractivity contribution in [3.63, 3.8) is 0 Å². The minimum atomic E-state index is -0.171. The molecule has 1 atom stereocenters. The molecule has 1 rings (SSSR count). The lowest BCUT2D eigenvalue weighted by Crippen LogP contribution is -2.17. The van der Waals surface area contributed by atoms with Crippen molar-refractivity contribution in [2.45, 2.75) is 160 Å². The molecule has 0 saturated heterocycles. The number of ether oxygens (including phenoxy) is 2. The van der Waals surface area contributed by atoms with E-state index in [1.807, 2.05) is 6.92 Å². The highest BCUT2D eigenvalue weighted by Crippen LogP contribution is 2.20. The Morgan fingerprint density at radius 2 is 1.13 bits per heavy atom. The van der Waals surface area contributed by atoms with E-state index < -0.39 is 0 Å². The molecule has 0 aliphatic heterocycles. The molecule has 1 fully saturated rings. The monoisotopic (exact) mass is 438 g/mol. The van der Waals surface area contributed by atoms with Crippen molar-refractivity contribution in [3.05, 3.63) is 0 Å². The Labute approximate surface area is 194 Å². The standard InChI is InChI=1S/C28H54O3/c1-2-30-28(26-29)24-18-15-13-11-9-7-5-3-4-6-8-10-12-14-16-21-25-31-27-22-19-17-20-23-27/h26-28H,2-25H2,1H3. The largest absolute Gasteiger partial charge is 0.378 e. The fourth-order valence-electron chi connectivity index (χ4n) is 4.81. The van der Waals surface area contributed by atoms with Crippen molar-refractivity contribution < 1.29 is 14.3 Å². The van der Waals surface area contributed by atoms with Crippen LogP contribution in [0.3, 0.4) is 0 Å². The van der Waals surface area contributed by atoms with E-state index in [0.29, 0.717) is 12.7 Å². The van der Waals surface area contributed by atoms with E-state index in [9.17, 15) is 4.79 Å². The zero-order valence-corrected chi connectivity index (χ0v) is 20.9. The molecule has 1 saturated carbocycles. The first-order chi connectivity index (χ1) is 15.4. The summed E-state index contributed by atoms with van der Waals surface area (Å²) in [5.41, 5.74) is 0. The number of rotatable bonds is 23. The van der Waals surface area contributed by atoms with Gasteiger partial charge in [0.25, 0.3) is 0 Å². The molecule has 0 amide bonds. The second-order valence-electron chi connectivity index (χ2n) is 9.71. The molecule has 3 nitrogen and oxygen atoms in total. The van der Waals surface area contributed by atoms with E-state index in [4.69, 9.17) is 9.47 Å². The number of carbonyl (C=O) groups is 1. The van der Waals surface area contributed by atoms with Crippen molar-refractivity contribution in [1.82, 2.24) is 0 Å². The highest BCUT2D eigenvalue weighted by atomic mass is 16.5. The van der Waals surface area contributed by atoms with E-state index in [2.05, 4.69) is 0 Å². The number of hydrogen-bond donors (Lipinski definition) is 0. The summed E-state index contributed by atoms with van der Waals surface area (Å²) in [6, 6.07) is 0. The second-order valence-corrected chi connectivity index (χ2v) is 9.71. The van der Waals surface area contributed by atoms with Crippen molar-refractivity contribution in [3.8, 4) is 0 Å². The van der Waals surface area contributed by atoms with Crippen molar-refractivity contribution in [2.24, 2.45) is 0 Å². The molecule has 1 aliphatic carbocycles. The zero-order valence-electron chi connectivity index (χ0n) is 20.9. The first kappa shape index (κ1) is 28.6. The van der Waals surface area contributed by atoms with Crippen LogP contribution < -0.4 is 0 Å². The van der Waals surface area contributed by atoms with Gasteiger partial charge in [0.1, 0.15) is 12.4 Å². The van der Waals surface area contributed by atoms with Gasteiger partial charge in [-0.2, -0.15) is 0 Å². The molecular formula is C28H54O3. The van der Waals surface area contributed by atoms with Crippen LogP contribution in [0.4, 0.5) is 0 Å². The van der Waals surface area contributed by atoms with E-state index >= 15 is 0 Å². The quantitative estimate of drug-likeness (QED) is 0.118. The Hall–Kier alpha value is -0.410. The van der Waals surface area contributed by atoms with Gasteiger partial charge >= 0.3 is 0 Å². The molecule has 0 N–H and O–H groups in total. The van der Waals surface area contributed by atoms with Gasteiger partial charge in [-0.1, -0.05) is 116 Å². The van der Waals surface area contributed by atoms with E-state index in [1.54, 1.807) is 0 Å². The van der Waals surface area contributed by atoms with Gasteiger partial charge in [0.05, 0.1) is 6.10 Å². The van der Waals surface area contributed by atoms with Crippen molar-refractivity contribution in [2.75, 3.05) is 13.2 Å². The second kappa shape index (κ2) is 22.8. The summed E-state index contributed by atoms with van der Waals surface area (Å²) in [7, 11) is 0. The lowest BCUT2D eigenvalue weighted by atomic mass is 9.98. The predicted molar refractivity (Wildman–Crippen MR) is 133 cm³/mol. The van der Waals surface area contributed by atoms with Crippen LogP contribution in [0.1, 0.15) is 148 Å². The maximum atomic E-state index is 10.8. The van der Waals surface area contributed by atoms with Gasteiger partial charge in [-0.05, 0) is 32.6 Å². The van der Waals surface area contributed by atoms with Gasteiger partial charge in [-0.25, -0.2) is 0 Å². The predicted octanol–water partition coefficient (Wildman–Crippen LogP) is 8.57. The van der Waals surface area contributed by atoms with E-state index in [-0.39, 0.29) is 6.10 Å². The van der Waals surface area contributed by atoms with Crippen molar-refractivity contribution in [1.29, 1.82) is 0 Å². The molecule has 0 aromatic carbocycles. The average Bonchev–Trinajstić information content (AvgIpc) is 2.80. The van der Waals surface area contributed by atoms with Crippen LogP contribution in [-0.4, -0.2) is 31.7 Å². The summed E-state index contributed by atoms with van der Waals surface area (Å²) in [6.07, 6.45) is 30.9. The molecule has 0 radical (unpaired) electrons. The third kappa shape index (κ3) is 18.8. The summed E-state index contributed by atoms with van der Waals surface area (Å²) in [5.74, 6) is 0. The third-order valence-electron chi connectivity index (χ3n) is 6.82. The van der Waals surface area contributed by atoms with Gasteiger partial charge in [-0.3, -0.25) is 0 Å². The Morgan fingerprint density at radius 3 is 1.58 bits per heavy atom. The lowest BCUT2D eigenvalue weighted by Gasteiger charge is -2.21. The molecule has 1 aliphatic rings. The zero-order chi connectivity index (χ0) is 22.2. The fourth-order valence-corrected chi connectivity index (χ4v) is 4.81. The molecule has 0 aromatic rings. The summed E-state index contributed by atoms with van der Waals surface area (Å²) < 4.78 is 11.4. The Balaban J connectivity index is 1.67. The molecule has 0 heterocycles. The normalized spacial score (nSPS) is 15.9. The summed E-state index contributed by atoms with van der Waals surface area (Å²) >= 11 is 0. The molecule has 0 aromatic heterocycles. The molecule has 184 valence electrons. The number of unbranched alkanes of at least 4 members (excludes halogenated alkanes) is 15. The van der Waals surface area contributed by atoms with Crippen LogP contribution in [0.5, 0.6) is 0 Å². The topological polar surface area (TPSA) is 35.5 Å². The maximum absolute atomic E-state index is 10.8. The lowest BCUT2D eigenvalue weighted by molar-refractivity contribution is -0.118. The van der Waals surface area contributed by atoms with E-state index in [1.165, 1.54) is 128 Å². The molecule has 0 bridgehead atoms. The fraction of sp³-hybridized carbons (Fsp3) is 0.964.